The lowest BCUT2D eigenvalue weighted by atomic mass is 9.70. The summed E-state index contributed by atoms with van der Waals surface area (Å²) in [4.78, 5) is 0. The summed E-state index contributed by atoms with van der Waals surface area (Å²) in [7, 11) is 0. The molecule has 6 atom stereocenters. The van der Waals surface area contributed by atoms with Gasteiger partial charge in [-0.3, -0.25) is 0 Å². The molecule has 0 heterocycles. The molecule has 2 aliphatic rings. The molecular formula is C16H30O. The first-order chi connectivity index (χ1) is 8.06. The van der Waals surface area contributed by atoms with Crippen molar-refractivity contribution in [1.82, 2.24) is 0 Å². The lowest BCUT2D eigenvalue weighted by Gasteiger charge is -2.37. The number of aliphatic hydroxyl groups excluding tert-OH is 1. The van der Waals surface area contributed by atoms with Gasteiger partial charge in [0.25, 0.3) is 0 Å². The molecule has 0 saturated heterocycles. The van der Waals surface area contributed by atoms with E-state index in [-0.39, 0.29) is 6.10 Å². The van der Waals surface area contributed by atoms with Gasteiger partial charge in [-0.2, -0.15) is 0 Å². The number of rotatable bonds is 2. The molecule has 1 heteroatoms. The quantitative estimate of drug-likeness (QED) is 0.762. The minimum Gasteiger partial charge on any atom is -0.393 e. The van der Waals surface area contributed by atoms with Gasteiger partial charge in [0, 0.05) is 0 Å². The smallest absolute Gasteiger partial charge is 0.0566 e. The average molecular weight is 238 g/mol. The van der Waals surface area contributed by atoms with Crippen LogP contribution in [-0.4, -0.2) is 11.2 Å². The summed E-state index contributed by atoms with van der Waals surface area (Å²) in [5.41, 5.74) is 0. The molecule has 0 bridgehead atoms. The van der Waals surface area contributed by atoms with Gasteiger partial charge in [-0.15, -0.1) is 0 Å². The summed E-state index contributed by atoms with van der Waals surface area (Å²) < 4.78 is 0. The van der Waals surface area contributed by atoms with Crippen LogP contribution < -0.4 is 0 Å². The van der Waals surface area contributed by atoms with E-state index in [0.29, 0.717) is 5.92 Å². The third-order valence-electron chi connectivity index (χ3n) is 5.61. The Morgan fingerprint density at radius 1 is 0.765 bits per heavy atom. The van der Waals surface area contributed by atoms with Crippen LogP contribution in [0.1, 0.15) is 65.7 Å². The van der Waals surface area contributed by atoms with Crippen LogP contribution in [0.15, 0.2) is 0 Å². The number of hydrogen-bond acceptors (Lipinski definition) is 1. The zero-order chi connectivity index (χ0) is 12.4. The van der Waals surface area contributed by atoms with E-state index in [9.17, 15) is 5.11 Å². The molecule has 0 aliphatic heterocycles. The topological polar surface area (TPSA) is 20.2 Å². The fourth-order valence-electron chi connectivity index (χ4n) is 4.05. The predicted octanol–water partition coefficient (Wildman–Crippen LogP) is 4.25. The van der Waals surface area contributed by atoms with E-state index >= 15 is 0 Å². The Bertz CT molecular complexity index is 214. The van der Waals surface area contributed by atoms with Crippen LogP contribution in [0.25, 0.3) is 0 Å². The summed E-state index contributed by atoms with van der Waals surface area (Å²) in [6.45, 7) is 7.08. The van der Waals surface area contributed by atoms with Gasteiger partial charge in [0.05, 0.1) is 6.10 Å². The summed E-state index contributed by atoms with van der Waals surface area (Å²) in [5, 5.41) is 9.78. The fourth-order valence-corrected chi connectivity index (χ4v) is 4.05. The summed E-state index contributed by atoms with van der Waals surface area (Å²) in [6.07, 6.45) is 9.35. The Morgan fingerprint density at radius 3 is 1.94 bits per heavy atom. The van der Waals surface area contributed by atoms with Gasteiger partial charge in [-0.25, -0.2) is 0 Å². The van der Waals surface area contributed by atoms with Crippen molar-refractivity contribution in [2.45, 2.75) is 71.8 Å². The molecule has 6 unspecified atom stereocenters. The van der Waals surface area contributed by atoms with Crippen LogP contribution in [0.5, 0.6) is 0 Å². The van der Waals surface area contributed by atoms with E-state index < -0.39 is 0 Å². The molecule has 2 rings (SSSR count). The van der Waals surface area contributed by atoms with Crippen LogP contribution in [0, 0.1) is 29.6 Å². The Labute approximate surface area is 107 Å². The maximum absolute atomic E-state index is 9.78. The third kappa shape index (κ3) is 3.47. The van der Waals surface area contributed by atoms with Gasteiger partial charge in [-0.05, 0) is 61.7 Å². The van der Waals surface area contributed by atoms with Crippen molar-refractivity contribution in [3.63, 3.8) is 0 Å². The molecule has 1 N–H and O–H groups in total. The van der Waals surface area contributed by atoms with Crippen molar-refractivity contribution < 1.29 is 5.11 Å². The van der Waals surface area contributed by atoms with Gasteiger partial charge < -0.3 is 5.11 Å². The van der Waals surface area contributed by atoms with E-state index in [1.54, 1.807) is 0 Å². The molecule has 0 radical (unpaired) electrons. The van der Waals surface area contributed by atoms with E-state index in [4.69, 9.17) is 0 Å². The Balaban J connectivity index is 1.78. The van der Waals surface area contributed by atoms with Crippen molar-refractivity contribution in [3.8, 4) is 0 Å². The number of hydrogen-bond donors (Lipinski definition) is 1. The highest BCUT2D eigenvalue weighted by molar-refractivity contribution is 4.82. The minimum atomic E-state index is -0.0171. The molecular weight excluding hydrogens is 208 g/mol. The largest absolute Gasteiger partial charge is 0.393 e. The third-order valence-corrected chi connectivity index (χ3v) is 5.61. The summed E-state index contributed by atoms with van der Waals surface area (Å²) in [6, 6.07) is 0. The highest BCUT2D eigenvalue weighted by atomic mass is 16.3. The molecule has 2 saturated carbocycles. The summed E-state index contributed by atoms with van der Waals surface area (Å²) in [5.74, 6) is 4.29. The molecule has 0 aromatic carbocycles. The van der Waals surface area contributed by atoms with Gasteiger partial charge in [0.2, 0.25) is 0 Å². The standard InChI is InChI=1S/C16H30O/c1-11-4-5-14(8-12(11)2)10-15-6-7-16(17)13(3)9-15/h11-17H,4-10H2,1-3H3. The van der Waals surface area contributed by atoms with Crippen LogP contribution in [-0.2, 0) is 0 Å². The Hall–Kier alpha value is -0.0400. The second kappa shape index (κ2) is 5.73. The second-order valence-electron chi connectivity index (χ2n) is 7.09. The maximum Gasteiger partial charge on any atom is 0.0566 e. The maximum atomic E-state index is 9.78. The summed E-state index contributed by atoms with van der Waals surface area (Å²) >= 11 is 0. The minimum absolute atomic E-state index is 0.0171. The van der Waals surface area contributed by atoms with E-state index in [0.717, 1.165) is 30.1 Å². The van der Waals surface area contributed by atoms with Crippen molar-refractivity contribution in [1.29, 1.82) is 0 Å². The fraction of sp³-hybridized carbons (Fsp3) is 1.00. The SMILES string of the molecule is CC1CCC(CC2CCC(O)C(C)C2)CC1C. The van der Waals surface area contributed by atoms with Gasteiger partial charge in [-0.1, -0.05) is 33.6 Å². The molecule has 0 aromatic rings. The van der Waals surface area contributed by atoms with Crippen LogP contribution >= 0.6 is 0 Å². The van der Waals surface area contributed by atoms with Crippen molar-refractivity contribution in [3.05, 3.63) is 0 Å². The van der Waals surface area contributed by atoms with Gasteiger partial charge >= 0.3 is 0 Å². The molecule has 1 nitrogen and oxygen atoms in total. The molecule has 17 heavy (non-hydrogen) atoms. The van der Waals surface area contributed by atoms with E-state index in [1.807, 2.05) is 0 Å². The van der Waals surface area contributed by atoms with Gasteiger partial charge in [0.15, 0.2) is 0 Å². The second-order valence-corrected chi connectivity index (χ2v) is 7.09. The van der Waals surface area contributed by atoms with E-state index in [1.165, 1.54) is 38.5 Å². The lowest BCUT2D eigenvalue weighted by Crippen LogP contribution is -2.29. The monoisotopic (exact) mass is 238 g/mol. The van der Waals surface area contributed by atoms with Crippen molar-refractivity contribution in [2.75, 3.05) is 0 Å². The van der Waals surface area contributed by atoms with Crippen LogP contribution in [0.4, 0.5) is 0 Å². The van der Waals surface area contributed by atoms with Crippen LogP contribution in [0.2, 0.25) is 0 Å². The molecule has 2 aliphatic carbocycles. The average Bonchev–Trinajstić information content (AvgIpc) is 2.29. The zero-order valence-corrected chi connectivity index (χ0v) is 11.9. The van der Waals surface area contributed by atoms with Gasteiger partial charge in [0.1, 0.15) is 0 Å². The highest BCUT2D eigenvalue weighted by Crippen LogP contribution is 2.40. The first kappa shape index (κ1) is 13.4. The number of aliphatic hydroxyl groups is 1. The highest BCUT2D eigenvalue weighted by Gasteiger charge is 2.30. The van der Waals surface area contributed by atoms with E-state index in [2.05, 4.69) is 20.8 Å². The Morgan fingerprint density at radius 2 is 1.35 bits per heavy atom. The first-order valence-electron chi connectivity index (χ1n) is 7.74. The molecule has 0 spiro atoms. The zero-order valence-electron chi connectivity index (χ0n) is 11.9. The molecule has 0 aromatic heterocycles. The molecule has 2 fully saturated rings. The molecule has 0 amide bonds. The first-order valence-corrected chi connectivity index (χ1v) is 7.74. The normalized spacial score (nSPS) is 48.0. The Kier molecular flexibility index (Phi) is 4.52. The van der Waals surface area contributed by atoms with Crippen molar-refractivity contribution in [2.24, 2.45) is 29.6 Å². The molecule has 100 valence electrons. The van der Waals surface area contributed by atoms with Crippen molar-refractivity contribution >= 4 is 0 Å². The lowest BCUT2D eigenvalue weighted by molar-refractivity contribution is 0.0468. The van der Waals surface area contributed by atoms with Crippen LogP contribution in [0.3, 0.4) is 0 Å². The predicted molar refractivity (Wildman–Crippen MR) is 72.8 cm³/mol.